The van der Waals surface area contributed by atoms with Gasteiger partial charge in [-0.2, -0.15) is 13.2 Å². The number of nitrogens with zero attached hydrogens (tertiary/aromatic N) is 5. The summed E-state index contributed by atoms with van der Waals surface area (Å²) in [6.45, 7) is 5.43. The Hall–Kier alpha value is -2.45. The molecule has 1 N–H and O–H groups in total. The van der Waals surface area contributed by atoms with Crippen molar-refractivity contribution < 1.29 is 13.2 Å². The molecule has 1 fully saturated rings. The van der Waals surface area contributed by atoms with Crippen LogP contribution in [0.2, 0.25) is 0 Å². The van der Waals surface area contributed by atoms with Gasteiger partial charge in [0.05, 0.1) is 0 Å². The van der Waals surface area contributed by atoms with Gasteiger partial charge in [-0.15, -0.1) is 0 Å². The lowest BCUT2D eigenvalue weighted by atomic mass is 10.2. The third-order valence-corrected chi connectivity index (χ3v) is 3.97. The molecule has 2 aromatic rings. The SMILES string of the molecule is CC(C)c1nccc(N2CCC(Nc3nccc(C(F)(F)F)n3)C2)n1. The monoisotopic (exact) mass is 352 g/mol. The lowest BCUT2D eigenvalue weighted by Crippen LogP contribution is -2.27. The maximum Gasteiger partial charge on any atom is 0.433 e. The van der Waals surface area contributed by atoms with E-state index in [0.29, 0.717) is 6.54 Å². The average Bonchev–Trinajstić information content (AvgIpc) is 3.03. The van der Waals surface area contributed by atoms with Crippen LogP contribution in [0.15, 0.2) is 24.5 Å². The number of nitrogens with one attached hydrogen (secondary N) is 1. The summed E-state index contributed by atoms with van der Waals surface area (Å²) >= 11 is 0. The van der Waals surface area contributed by atoms with Crippen molar-refractivity contribution in [1.29, 1.82) is 0 Å². The molecule has 0 saturated carbocycles. The second-order valence-electron chi connectivity index (χ2n) is 6.27. The lowest BCUT2D eigenvalue weighted by molar-refractivity contribution is -0.141. The van der Waals surface area contributed by atoms with Gasteiger partial charge in [0.1, 0.15) is 17.3 Å². The maximum atomic E-state index is 12.7. The van der Waals surface area contributed by atoms with E-state index in [4.69, 9.17) is 0 Å². The minimum atomic E-state index is -4.48. The average molecular weight is 352 g/mol. The van der Waals surface area contributed by atoms with Crippen LogP contribution < -0.4 is 10.2 Å². The molecule has 134 valence electrons. The lowest BCUT2D eigenvalue weighted by Gasteiger charge is -2.19. The number of rotatable bonds is 4. The Bertz CT molecular complexity index is 734. The minimum Gasteiger partial charge on any atom is -0.354 e. The van der Waals surface area contributed by atoms with Crippen molar-refractivity contribution in [1.82, 2.24) is 19.9 Å². The van der Waals surface area contributed by atoms with Crippen LogP contribution in [0, 0.1) is 0 Å². The van der Waals surface area contributed by atoms with Crippen LogP contribution in [-0.2, 0) is 6.18 Å². The molecule has 9 heteroatoms. The first-order chi connectivity index (χ1) is 11.8. The van der Waals surface area contributed by atoms with E-state index in [1.54, 1.807) is 6.20 Å². The third-order valence-electron chi connectivity index (χ3n) is 3.97. The minimum absolute atomic E-state index is 0.00719. The standard InChI is InChI=1S/C16H19F3N6/c1-10(2)14-20-7-4-13(24-14)25-8-5-11(9-25)22-15-21-6-3-12(23-15)16(17,18)19/h3-4,6-7,10-11H,5,8-9H2,1-2H3,(H,21,22,23). The van der Waals surface area contributed by atoms with Gasteiger partial charge in [-0.05, 0) is 18.6 Å². The Kier molecular flexibility index (Phi) is 4.73. The number of alkyl halides is 3. The van der Waals surface area contributed by atoms with E-state index in [1.165, 1.54) is 0 Å². The zero-order chi connectivity index (χ0) is 18.0. The van der Waals surface area contributed by atoms with Crippen molar-refractivity contribution in [2.24, 2.45) is 0 Å². The van der Waals surface area contributed by atoms with Gasteiger partial charge in [0, 0.05) is 37.4 Å². The number of halogens is 3. The molecule has 0 radical (unpaired) electrons. The summed E-state index contributed by atoms with van der Waals surface area (Å²) in [5.74, 6) is 1.82. The van der Waals surface area contributed by atoms with Crippen LogP contribution in [0.5, 0.6) is 0 Å². The van der Waals surface area contributed by atoms with Crippen LogP contribution in [0.3, 0.4) is 0 Å². The van der Waals surface area contributed by atoms with Crippen LogP contribution in [-0.4, -0.2) is 39.1 Å². The van der Waals surface area contributed by atoms with Crippen molar-refractivity contribution in [3.63, 3.8) is 0 Å². The van der Waals surface area contributed by atoms with Gasteiger partial charge in [0.2, 0.25) is 5.95 Å². The Balaban J connectivity index is 1.67. The zero-order valence-electron chi connectivity index (χ0n) is 14.0. The van der Waals surface area contributed by atoms with Crippen molar-refractivity contribution in [3.8, 4) is 0 Å². The van der Waals surface area contributed by atoms with Crippen LogP contribution in [0.4, 0.5) is 24.9 Å². The number of anilines is 2. The van der Waals surface area contributed by atoms with Gasteiger partial charge >= 0.3 is 6.18 Å². The summed E-state index contributed by atoms with van der Waals surface area (Å²) in [6.07, 6.45) is -0.867. The highest BCUT2D eigenvalue weighted by Crippen LogP contribution is 2.28. The molecule has 0 aromatic carbocycles. The summed E-state index contributed by atoms with van der Waals surface area (Å²) in [5.41, 5.74) is -0.947. The summed E-state index contributed by atoms with van der Waals surface area (Å²) in [7, 11) is 0. The van der Waals surface area contributed by atoms with E-state index in [0.717, 1.165) is 36.9 Å². The molecule has 2 aromatic heterocycles. The second kappa shape index (κ2) is 6.81. The number of hydrogen-bond acceptors (Lipinski definition) is 6. The van der Waals surface area contributed by atoms with Gasteiger partial charge in [-0.1, -0.05) is 13.8 Å². The maximum absolute atomic E-state index is 12.7. The molecule has 0 bridgehead atoms. The Morgan fingerprint density at radius 2 is 1.92 bits per heavy atom. The molecule has 0 amide bonds. The van der Waals surface area contributed by atoms with E-state index < -0.39 is 11.9 Å². The van der Waals surface area contributed by atoms with Crippen molar-refractivity contribution >= 4 is 11.8 Å². The molecule has 25 heavy (non-hydrogen) atoms. The first-order valence-corrected chi connectivity index (χ1v) is 8.07. The van der Waals surface area contributed by atoms with E-state index in [-0.39, 0.29) is 17.9 Å². The first-order valence-electron chi connectivity index (χ1n) is 8.07. The van der Waals surface area contributed by atoms with E-state index >= 15 is 0 Å². The van der Waals surface area contributed by atoms with Gasteiger partial charge in [0.25, 0.3) is 0 Å². The van der Waals surface area contributed by atoms with Gasteiger partial charge < -0.3 is 10.2 Å². The summed E-state index contributed by atoms with van der Waals surface area (Å²) in [6, 6.07) is 2.66. The molecule has 1 unspecified atom stereocenters. The normalized spacial score (nSPS) is 18.0. The molecule has 0 spiro atoms. The quantitative estimate of drug-likeness (QED) is 0.912. The molecule has 3 rings (SSSR count). The molecule has 6 nitrogen and oxygen atoms in total. The van der Waals surface area contributed by atoms with E-state index in [9.17, 15) is 13.2 Å². The van der Waals surface area contributed by atoms with Gasteiger partial charge in [0.15, 0.2) is 0 Å². The molecule has 1 saturated heterocycles. The highest BCUT2D eigenvalue weighted by atomic mass is 19.4. The van der Waals surface area contributed by atoms with Gasteiger partial charge in [-0.25, -0.2) is 19.9 Å². The largest absolute Gasteiger partial charge is 0.433 e. The molecule has 3 heterocycles. The predicted octanol–water partition coefficient (Wildman–Crippen LogP) is 3.10. The first kappa shape index (κ1) is 17.4. The van der Waals surface area contributed by atoms with Crippen LogP contribution in [0.1, 0.15) is 37.7 Å². The fraction of sp³-hybridized carbons (Fsp3) is 0.500. The number of hydrogen-bond donors (Lipinski definition) is 1. The Morgan fingerprint density at radius 1 is 1.16 bits per heavy atom. The fourth-order valence-corrected chi connectivity index (χ4v) is 2.67. The predicted molar refractivity (Wildman–Crippen MR) is 87.4 cm³/mol. The van der Waals surface area contributed by atoms with E-state index in [1.807, 2.05) is 19.9 Å². The fourth-order valence-electron chi connectivity index (χ4n) is 2.67. The molecule has 1 atom stereocenters. The highest BCUT2D eigenvalue weighted by Gasteiger charge is 2.33. The summed E-state index contributed by atoms with van der Waals surface area (Å²) < 4.78 is 38.2. The van der Waals surface area contributed by atoms with Crippen molar-refractivity contribution in [2.75, 3.05) is 23.3 Å². The number of aromatic nitrogens is 4. The summed E-state index contributed by atoms with van der Waals surface area (Å²) in [5, 5.41) is 2.98. The summed E-state index contributed by atoms with van der Waals surface area (Å²) in [4.78, 5) is 18.3. The van der Waals surface area contributed by atoms with Crippen molar-refractivity contribution in [3.05, 3.63) is 36.0 Å². The topological polar surface area (TPSA) is 66.8 Å². The molecule has 0 aliphatic carbocycles. The Labute approximate surface area is 143 Å². The third kappa shape index (κ3) is 4.15. The second-order valence-corrected chi connectivity index (χ2v) is 6.27. The van der Waals surface area contributed by atoms with Crippen LogP contribution >= 0.6 is 0 Å². The zero-order valence-corrected chi connectivity index (χ0v) is 14.0. The molecular weight excluding hydrogens is 333 g/mol. The molecule has 1 aliphatic heterocycles. The Morgan fingerprint density at radius 3 is 2.64 bits per heavy atom. The molecule has 1 aliphatic rings. The van der Waals surface area contributed by atoms with Gasteiger partial charge in [-0.3, -0.25) is 0 Å². The molecular formula is C16H19F3N6. The van der Waals surface area contributed by atoms with E-state index in [2.05, 4.69) is 30.2 Å². The van der Waals surface area contributed by atoms with Crippen molar-refractivity contribution in [2.45, 2.75) is 38.4 Å². The van der Waals surface area contributed by atoms with Crippen LogP contribution in [0.25, 0.3) is 0 Å². The highest BCUT2D eigenvalue weighted by molar-refractivity contribution is 5.41. The smallest absolute Gasteiger partial charge is 0.354 e.